The first-order valence-electron chi connectivity index (χ1n) is 7.33. The highest BCUT2D eigenvalue weighted by atomic mass is 16.5. The highest BCUT2D eigenvalue weighted by Gasteiger charge is 2.50. The summed E-state index contributed by atoms with van der Waals surface area (Å²) in [5, 5.41) is 0. The summed E-state index contributed by atoms with van der Waals surface area (Å²) in [6, 6.07) is 0. The molecule has 4 nitrogen and oxygen atoms in total. The molecule has 1 saturated carbocycles. The van der Waals surface area contributed by atoms with Crippen molar-refractivity contribution in [3.8, 4) is 0 Å². The number of allylic oxidation sites excluding steroid dienone is 4. The van der Waals surface area contributed by atoms with Crippen LogP contribution in [0.4, 0.5) is 0 Å². The molecule has 0 aromatic carbocycles. The van der Waals surface area contributed by atoms with Crippen molar-refractivity contribution in [1.29, 1.82) is 0 Å². The molecule has 108 valence electrons. The first-order chi connectivity index (χ1) is 9.54. The summed E-state index contributed by atoms with van der Waals surface area (Å²) in [6.45, 7) is 2.88. The Morgan fingerprint density at radius 3 is 1.65 bits per heavy atom. The van der Waals surface area contributed by atoms with Gasteiger partial charge >= 0.3 is 11.9 Å². The van der Waals surface area contributed by atoms with E-state index in [1.165, 1.54) is 13.8 Å². The van der Waals surface area contributed by atoms with Crippen LogP contribution in [0.5, 0.6) is 0 Å². The van der Waals surface area contributed by atoms with Gasteiger partial charge in [0, 0.05) is 26.7 Å². The Hall–Kier alpha value is -1.58. The van der Waals surface area contributed by atoms with Gasteiger partial charge in [-0.15, -0.1) is 0 Å². The molecule has 3 aliphatic carbocycles. The average Bonchev–Trinajstić information content (AvgIpc) is 2.36. The zero-order valence-corrected chi connectivity index (χ0v) is 11.9. The van der Waals surface area contributed by atoms with Crippen molar-refractivity contribution < 1.29 is 19.1 Å². The maximum Gasteiger partial charge on any atom is 0.307 e. The SMILES string of the molecule is CC(=O)OC1=CC2C3C=C(OC(C)=O)CCC3C2CC1. The van der Waals surface area contributed by atoms with E-state index >= 15 is 0 Å². The van der Waals surface area contributed by atoms with Crippen molar-refractivity contribution >= 4 is 11.9 Å². The summed E-state index contributed by atoms with van der Waals surface area (Å²) >= 11 is 0. The van der Waals surface area contributed by atoms with Crippen LogP contribution in [0.1, 0.15) is 39.5 Å². The molecule has 0 radical (unpaired) electrons. The fourth-order valence-corrected chi connectivity index (χ4v) is 4.03. The fourth-order valence-electron chi connectivity index (χ4n) is 4.03. The molecule has 4 unspecified atom stereocenters. The molecule has 0 bridgehead atoms. The number of carbonyl (C=O) groups excluding carboxylic acids is 2. The highest BCUT2D eigenvalue weighted by molar-refractivity contribution is 5.67. The summed E-state index contributed by atoms with van der Waals surface area (Å²) < 4.78 is 10.5. The molecule has 4 heteroatoms. The van der Waals surface area contributed by atoms with E-state index < -0.39 is 0 Å². The Morgan fingerprint density at radius 2 is 1.30 bits per heavy atom. The van der Waals surface area contributed by atoms with Gasteiger partial charge in [0.1, 0.15) is 11.5 Å². The molecule has 0 N–H and O–H groups in total. The van der Waals surface area contributed by atoms with Crippen LogP contribution in [0.25, 0.3) is 0 Å². The van der Waals surface area contributed by atoms with E-state index in [0.717, 1.165) is 37.2 Å². The molecule has 0 amide bonds. The quantitative estimate of drug-likeness (QED) is 0.728. The van der Waals surface area contributed by atoms with Crippen LogP contribution in [0.2, 0.25) is 0 Å². The third kappa shape index (κ3) is 2.39. The lowest BCUT2D eigenvalue weighted by atomic mass is 9.51. The minimum absolute atomic E-state index is 0.245. The van der Waals surface area contributed by atoms with Crippen molar-refractivity contribution in [2.75, 3.05) is 0 Å². The average molecular weight is 276 g/mol. The Morgan fingerprint density at radius 1 is 0.900 bits per heavy atom. The molecule has 0 aromatic heterocycles. The van der Waals surface area contributed by atoms with Crippen molar-refractivity contribution in [3.05, 3.63) is 23.7 Å². The largest absolute Gasteiger partial charge is 0.432 e. The number of carbonyl (C=O) groups is 2. The van der Waals surface area contributed by atoms with E-state index in [9.17, 15) is 9.59 Å². The van der Waals surface area contributed by atoms with Gasteiger partial charge in [-0.2, -0.15) is 0 Å². The topological polar surface area (TPSA) is 52.6 Å². The second kappa shape index (κ2) is 5.08. The van der Waals surface area contributed by atoms with Crippen molar-refractivity contribution in [2.24, 2.45) is 23.7 Å². The van der Waals surface area contributed by atoms with E-state index in [-0.39, 0.29) is 11.9 Å². The fraction of sp³-hybridized carbons (Fsp3) is 0.625. The van der Waals surface area contributed by atoms with Crippen LogP contribution in [0.3, 0.4) is 0 Å². The third-order valence-electron chi connectivity index (χ3n) is 4.74. The molecule has 20 heavy (non-hydrogen) atoms. The molecule has 4 atom stereocenters. The molecule has 3 rings (SSSR count). The number of rotatable bonds is 2. The summed E-state index contributed by atoms with van der Waals surface area (Å²) in [4.78, 5) is 22.1. The third-order valence-corrected chi connectivity index (χ3v) is 4.74. The summed E-state index contributed by atoms with van der Waals surface area (Å²) in [5.41, 5.74) is 0. The first kappa shape index (κ1) is 13.4. The molecule has 0 saturated heterocycles. The van der Waals surface area contributed by atoms with Crippen LogP contribution in [-0.2, 0) is 19.1 Å². The van der Waals surface area contributed by atoms with Crippen LogP contribution in [0.15, 0.2) is 23.7 Å². The molecule has 1 fully saturated rings. The van der Waals surface area contributed by atoms with Gasteiger partial charge in [0.05, 0.1) is 0 Å². The van der Waals surface area contributed by atoms with Gasteiger partial charge in [-0.05, 0) is 48.7 Å². The highest BCUT2D eigenvalue weighted by Crippen LogP contribution is 2.57. The lowest BCUT2D eigenvalue weighted by molar-refractivity contribution is -0.139. The van der Waals surface area contributed by atoms with E-state index in [1.54, 1.807) is 0 Å². The zero-order valence-electron chi connectivity index (χ0n) is 11.9. The van der Waals surface area contributed by atoms with E-state index in [2.05, 4.69) is 12.2 Å². The molecule has 0 aliphatic heterocycles. The second-order valence-electron chi connectivity index (χ2n) is 6.01. The van der Waals surface area contributed by atoms with Crippen LogP contribution in [-0.4, -0.2) is 11.9 Å². The number of hydrogen-bond donors (Lipinski definition) is 0. The monoisotopic (exact) mass is 276 g/mol. The lowest BCUT2D eigenvalue weighted by Gasteiger charge is -2.54. The van der Waals surface area contributed by atoms with Crippen molar-refractivity contribution in [2.45, 2.75) is 39.5 Å². The minimum atomic E-state index is -0.245. The predicted molar refractivity (Wildman–Crippen MR) is 72.1 cm³/mol. The lowest BCUT2D eigenvalue weighted by Crippen LogP contribution is -2.48. The minimum Gasteiger partial charge on any atom is -0.432 e. The molecule has 0 heterocycles. The Balaban J connectivity index is 1.73. The Bertz CT molecular complexity index is 457. The van der Waals surface area contributed by atoms with Crippen molar-refractivity contribution in [3.63, 3.8) is 0 Å². The molecule has 3 aliphatic rings. The number of esters is 2. The summed E-state index contributed by atoms with van der Waals surface area (Å²) in [5.74, 6) is 3.41. The smallest absolute Gasteiger partial charge is 0.307 e. The van der Waals surface area contributed by atoms with Gasteiger partial charge in [-0.3, -0.25) is 9.59 Å². The van der Waals surface area contributed by atoms with Gasteiger partial charge in [-0.1, -0.05) is 0 Å². The zero-order chi connectivity index (χ0) is 14.3. The van der Waals surface area contributed by atoms with Gasteiger partial charge in [-0.25, -0.2) is 0 Å². The van der Waals surface area contributed by atoms with Gasteiger partial charge < -0.3 is 9.47 Å². The van der Waals surface area contributed by atoms with Crippen molar-refractivity contribution in [1.82, 2.24) is 0 Å². The summed E-state index contributed by atoms with van der Waals surface area (Å²) in [6.07, 6.45) is 8.16. The molecule has 0 aromatic rings. The number of fused-ring (bicyclic) bond motifs is 4. The van der Waals surface area contributed by atoms with E-state index in [4.69, 9.17) is 9.47 Å². The predicted octanol–water partition coefficient (Wildman–Crippen LogP) is 2.95. The van der Waals surface area contributed by atoms with E-state index in [0.29, 0.717) is 23.7 Å². The first-order valence-corrected chi connectivity index (χ1v) is 7.33. The van der Waals surface area contributed by atoms with Gasteiger partial charge in [0.15, 0.2) is 0 Å². The maximum absolute atomic E-state index is 11.0. The van der Waals surface area contributed by atoms with Crippen LogP contribution >= 0.6 is 0 Å². The second-order valence-corrected chi connectivity index (χ2v) is 6.01. The van der Waals surface area contributed by atoms with Crippen LogP contribution in [0, 0.1) is 23.7 Å². The number of ether oxygens (including phenoxy) is 2. The molecule has 0 spiro atoms. The molecular formula is C16H20O4. The van der Waals surface area contributed by atoms with Gasteiger partial charge in [0.2, 0.25) is 0 Å². The normalized spacial score (nSPS) is 34.7. The number of hydrogen-bond acceptors (Lipinski definition) is 4. The molecular weight excluding hydrogens is 256 g/mol. The Kier molecular flexibility index (Phi) is 3.40. The summed E-state index contributed by atoms with van der Waals surface area (Å²) in [7, 11) is 0. The van der Waals surface area contributed by atoms with Gasteiger partial charge in [0.25, 0.3) is 0 Å². The standard InChI is InChI=1S/C16H20O4/c1-9(17)19-11-3-5-13-14-6-4-12(20-10(2)18)8-16(14)15(13)7-11/h7-8,13-16H,3-6H2,1-2H3. The van der Waals surface area contributed by atoms with E-state index in [1.807, 2.05) is 0 Å². The van der Waals surface area contributed by atoms with Crippen LogP contribution < -0.4 is 0 Å². The Labute approximate surface area is 118 Å². The maximum atomic E-state index is 11.0.